The number of urea groups is 1. The highest BCUT2D eigenvalue weighted by molar-refractivity contribution is 5.74. The van der Waals surface area contributed by atoms with Gasteiger partial charge in [-0.25, -0.2) is 4.79 Å². The minimum atomic E-state index is 0.0445. The zero-order chi connectivity index (χ0) is 17.6. The van der Waals surface area contributed by atoms with Gasteiger partial charge in [-0.15, -0.1) is 5.10 Å². The van der Waals surface area contributed by atoms with Crippen LogP contribution in [0.2, 0.25) is 0 Å². The maximum atomic E-state index is 12.2. The Balaban J connectivity index is 1.54. The maximum absolute atomic E-state index is 12.2. The molecule has 1 aromatic heterocycles. The summed E-state index contributed by atoms with van der Waals surface area (Å²) in [6, 6.07) is 10.5. The lowest BCUT2D eigenvalue weighted by atomic mass is 9.98. The summed E-state index contributed by atoms with van der Waals surface area (Å²) in [6.45, 7) is 6.41. The summed E-state index contributed by atoms with van der Waals surface area (Å²) in [5.41, 5.74) is 2.22. The van der Waals surface area contributed by atoms with Crippen LogP contribution in [-0.4, -0.2) is 45.1 Å². The SMILES string of the molecule is CC(C)NC(=O)N1CCC[C@@H](Cn2cc(Cc3ccccc3)nn2)C1. The van der Waals surface area contributed by atoms with E-state index in [1.54, 1.807) is 0 Å². The zero-order valence-corrected chi connectivity index (χ0v) is 15.1. The first kappa shape index (κ1) is 17.5. The molecule has 2 amide bonds. The Morgan fingerprint density at radius 1 is 1.32 bits per heavy atom. The molecule has 1 aliphatic rings. The Bertz CT molecular complexity index is 682. The van der Waals surface area contributed by atoms with Crippen LogP contribution in [0.25, 0.3) is 0 Å². The van der Waals surface area contributed by atoms with Crippen molar-refractivity contribution >= 4 is 6.03 Å². The van der Waals surface area contributed by atoms with Gasteiger partial charge >= 0.3 is 6.03 Å². The summed E-state index contributed by atoms with van der Waals surface area (Å²) < 4.78 is 1.92. The van der Waals surface area contributed by atoms with E-state index in [1.807, 2.05) is 47.8 Å². The fourth-order valence-electron chi connectivity index (χ4n) is 3.32. The van der Waals surface area contributed by atoms with Crippen molar-refractivity contribution in [3.05, 3.63) is 47.8 Å². The van der Waals surface area contributed by atoms with Gasteiger partial charge in [0.05, 0.1) is 5.69 Å². The number of aromatic nitrogens is 3. The van der Waals surface area contributed by atoms with E-state index in [1.165, 1.54) is 5.56 Å². The van der Waals surface area contributed by atoms with Crippen LogP contribution in [0.4, 0.5) is 4.79 Å². The molecule has 134 valence electrons. The minimum absolute atomic E-state index is 0.0445. The van der Waals surface area contributed by atoms with Crippen molar-refractivity contribution in [1.82, 2.24) is 25.2 Å². The molecule has 1 aliphatic heterocycles. The van der Waals surface area contributed by atoms with Crippen molar-refractivity contribution in [2.75, 3.05) is 13.1 Å². The Morgan fingerprint density at radius 3 is 2.88 bits per heavy atom. The molecule has 0 bridgehead atoms. The van der Waals surface area contributed by atoms with E-state index in [0.717, 1.165) is 44.6 Å². The summed E-state index contributed by atoms with van der Waals surface area (Å²) >= 11 is 0. The average Bonchev–Trinajstić information content (AvgIpc) is 3.02. The van der Waals surface area contributed by atoms with Crippen LogP contribution in [0.5, 0.6) is 0 Å². The predicted octanol–water partition coefficient (Wildman–Crippen LogP) is 2.70. The highest BCUT2D eigenvalue weighted by Gasteiger charge is 2.24. The van der Waals surface area contributed by atoms with E-state index >= 15 is 0 Å². The van der Waals surface area contributed by atoms with Crippen LogP contribution < -0.4 is 5.32 Å². The van der Waals surface area contributed by atoms with Crippen LogP contribution in [-0.2, 0) is 13.0 Å². The topological polar surface area (TPSA) is 63.1 Å². The summed E-state index contributed by atoms with van der Waals surface area (Å²) in [5.74, 6) is 0.429. The van der Waals surface area contributed by atoms with E-state index in [4.69, 9.17) is 0 Å². The second-order valence-electron chi connectivity index (χ2n) is 7.15. The first-order valence-electron chi connectivity index (χ1n) is 9.08. The molecule has 0 unspecified atom stereocenters. The standard InChI is InChI=1S/C19H27N5O/c1-15(2)20-19(25)23-10-6-9-17(12-23)13-24-14-18(21-22-24)11-16-7-4-3-5-8-16/h3-5,7-8,14-15,17H,6,9-13H2,1-2H3,(H,20,25)/t17-/m1/s1. The zero-order valence-electron chi connectivity index (χ0n) is 15.1. The van der Waals surface area contributed by atoms with Crippen molar-refractivity contribution in [3.8, 4) is 0 Å². The Kier molecular flexibility index (Phi) is 5.68. The van der Waals surface area contributed by atoms with Gasteiger partial charge in [0.2, 0.25) is 0 Å². The molecule has 25 heavy (non-hydrogen) atoms. The number of amides is 2. The van der Waals surface area contributed by atoms with Crippen LogP contribution >= 0.6 is 0 Å². The van der Waals surface area contributed by atoms with Gasteiger partial charge in [-0.3, -0.25) is 4.68 Å². The molecule has 6 heteroatoms. The molecule has 3 rings (SSSR count). The van der Waals surface area contributed by atoms with E-state index in [2.05, 4.69) is 27.8 Å². The molecule has 1 saturated heterocycles. The van der Waals surface area contributed by atoms with Gasteiger partial charge in [0.25, 0.3) is 0 Å². The third kappa shape index (κ3) is 5.05. The van der Waals surface area contributed by atoms with E-state index in [-0.39, 0.29) is 12.1 Å². The number of benzene rings is 1. The van der Waals surface area contributed by atoms with Gasteiger partial charge in [-0.1, -0.05) is 35.5 Å². The van der Waals surface area contributed by atoms with E-state index in [9.17, 15) is 4.79 Å². The number of carbonyl (C=O) groups is 1. The summed E-state index contributed by atoms with van der Waals surface area (Å²) in [7, 11) is 0. The van der Waals surface area contributed by atoms with Crippen LogP contribution in [0, 0.1) is 5.92 Å². The van der Waals surface area contributed by atoms with E-state index < -0.39 is 0 Å². The number of nitrogens with zero attached hydrogens (tertiary/aromatic N) is 4. The van der Waals surface area contributed by atoms with E-state index in [0.29, 0.717) is 5.92 Å². The van der Waals surface area contributed by atoms with Gasteiger partial charge in [0.1, 0.15) is 0 Å². The summed E-state index contributed by atoms with van der Waals surface area (Å²) in [6.07, 6.45) is 5.00. The van der Waals surface area contributed by atoms with Crippen molar-refractivity contribution in [1.29, 1.82) is 0 Å². The highest BCUT2D eigenvalue weighted by atomic mass is 16.2. The predicted molar refractivity (Wildman–Crippen MR) is 97.2 cm³/mol. The molecule has 0 aliphatic carbocycles. The molecule has 0 saturated carbocycles. The molecule has 2 heterocycles. The van der Waals surface area contributed by atoms with Crippen molar-refractivity contribution in [2.45, 2.75) is 45.7 Å². The van der Waals surface area contributed by atoms with Crippen molar-refractivity contribution in [2.24, 2.45) is 5.92 Å². The normalized spacial score (nSPS) is 17.7. The molecule has 0 radical (unpaired) electrons. The van der Waals surface area contributed by atoms with Gasteiger partial charge in [-0.05, 0) is 38.2 Å². The number of nitrogens with one attached hydrogen (secondary N) is 1. The summed E-state index contributed by atoms with van der Waals surface area (Å²) in [5, 5.41) is 11.5. The molecule has 2 aromatic rings. The number of likely N-dealkylation sites (tertiary alicyclic amines) is 1. The number of hydrogen-bond donors (Lipinski definition) is 1. The fourth-order valence-corrected chi connectivity index (χ4v) is 3.32. The monoisotopic (exact) mass is 341 g/mol. The lowest BCUT2D eigenvalue weighted by Crippen LogP contribution is -2.48. The quantitative estimate of drug-likeness (QED) is 0.909. The first-order valence-corrected chi connectivity index (χ1v) is 9.08. The fraction of sp³-hybridized carbons (Fsp3) is 0.526. The molecule has 1 N–H and O–H groups in total. The number of hydrogen-bond acceptors (Lipinski definition) is 3. The highest BCUT2D eigenvalue weighted by Crippen LogP contribution is 2.18. The number of rotatable bonds is 5. The first-order chi connectivity index (χ1) is 12.1. The van der Waals surface area contributed by atoms with Crippen LogP contribution in [0.3, 0.4) is 0 Å². The Labute approximate surface area is 149 Å². The number of carbonyl (C=O) groups excluding carboxylic acids is 1. The van der Waals surface area contributed by atoms with Crippen LogP contribution in [0.1, 0.15) is 37.9 Å². The van der Waals surface area contributed by atoms with Gasteiger partial charge < -0.3 is 10.2 Å². The summed E-state index contributed by atoms with van der Waals surface area (Å²) in [4.78, 5) is 14.1. The lowest BCUT2D eigenvalue weighted by Gasteiger charge is -2.33. The Morgan fingerprint density at radius 2 is 2.12 bits per heavy atom. The van der Waals surface area contributed by atoms with Crippen molar-refractivity contribution < 1.29 is 4.79 Å². The minimum Gasteiger partial charge on any atom is -0.336 e. The Hall–Kier alpha value is -2.37. The smallest absolute Gasteiger partial charge is 0.317 e. The second kappa shape index (κ2) is 8.14. The molecule has 0 spiro atoms. The third-order valence-corrected chi connectivity index (χ3v) is 4.48. The van der Waals surface area contributed by atoms with Crippen LogP contribution in [0.15, 0.2) is 36.5 Å². The molecule has 1 fully saturated rings. The van der Waals surface area contributed by atoms with Gasteiger partial charge in [0.15, 0.2) is 0 Å². The molecular weight excluding hydrogens is 314 g/mol. The average molecular weight is 341 g/mol. The largest absolute Gasteiger partial charge is 0.336 e. The molecule has 1 aromatic carbocycles. The van der Waals surface area contributed by atoms with Gasteiger partial charge in [-0.2, -0.15) is 0 Å². The van der Waals surface area contributed by atoms with Crippen molar-refractivity contribution in [3.63, 3.8) is 0 Å². The number of piperidine rings is 1. The third-order valence-electron chi connectivity index (χ3n) is 4.48. The molecule has 6 nitrogen and oxygen atoms in total. The second-order valence-corrected chi connectivity index (χ2v) is 7.15. The molecule has 1 atom stereocenters. The van der Waals surface area contributed by atoms with Gasteiger partial charge in [0, 0.05) is 38.3 Å². The maximum Gasteiger partial charge on any atom is 0.317 e. The lowest BCUT2D eigenvalue weighted by molar-refractivity contribution is 0.155. The molecular formula is C19H27N5O.